The molecule has 0 amide bonds. The molecule has 0 saturated heterocycles. The number of benzene rings is 2. The summed E-state index contributed by atoms with van der Waals surface area (Å²) in [6.07, 6.45) is 2.62. The lowest BCUT2D eigenvalue weighted by Crippen LogP contribution is -2.12. The smallest absolute Gasteiger partial charge is 0.278 e. The number of hydrogen-bond donors (Lipinski definition) is 1. The van der Waals surface area contributed by atoms with Crippen LogP contribution in [0, 0.1) is 12.7 Å². The van der Waals surface area contributed by atoms with Crippen LogP contribution in [0.2, 0.25) is 0 Å². The van der Waals surface area contributed by atoms with Crippen molar-refractivity contribution in [3.63, 3.8) is 0 Å². The minimum atomic E-state index is -3.94. The number of aryl methyl sites for hydroxylation is 1. The Kier molecular flexibility index (Phi) is 5.03. The summed E-state index contributed by atoms with van der Waals surface area (Å²) < 4.78 is 48.8. The molecule has 0 radical (unpaired) electrons. The van der Waals surface area contributed by atoms with Crippen LogP contribution in [0.4, 0.5) is 10.1 Å². The first-order valence-corrected chi connectivity index (χ1v) is 10.8. The number of aromatic nitrogens is 3. The first kappa shape index (κ1) is 19.1. The van der Waals surface area contributed by atoms with Gasteiger partial charge in [-0.2, -0.15) is 5.10 Å². The van der Waals surface area contributed by atoms with Gasteiger partial charge in [-0.1, -0.05) is 29.5 Å². The van der Waals surface area contributed by atoms with Gasteiger partial charge in [0, 0.05) is 11.4 Å². The molecule has 0 saturated carbocycles. The first-order valence-electron chi connectivity index (χ1n) is 8.43. The lowest BCUT2D eigenvalue weighted by atomic mass is 10.3. The molecule has 7 nitrogen and oxygen atoms in total. The predicted octanol–water partition coefficient (Wildman–Crippen LogP) is 4.37. The number of thiazole rings is 1. The molecule has 0 atom stereocenters. The Balaban J connectivity index is 1.52. The van der Waals surface area contributed by atoms with Crippen molar-refractivity contribution < 1.29 is 17.5 Å². The van der Waals surface area contributed by atoms with Gasteiger partial charge in [-0.25, -0.2) is 22.5 Å². The van der Waals surface area contributed by atoms with E-state index in [4.69, 9.17) is 4.74 Å². The predicted molar refractivity (Wildman–Crippen MR) is 108 cm³/mol. The van der Waals surface area contributed by atoms with E-state index in [1.54, 1.807) is 24.4 Å². The van der Waals surface area contributed by atoms with Crippen molar-refractivity contribution in [2.45, 2.75) is 11.8 Å². The molecule has 10 heteroatoms. The standard InChI is InChI=1S/C19H15FN4O3S2/c1-13-12-28-19(22-13)27-18-8-7-14(9-17(18)20)23-29(25,26)16-10-21-24(11-16)15-5-3-2-4-6-15/h2-12,23H,1H3. The van der Waals surface area contributed by atoms with Crippen LogP contribution < -0.4 is 9.46 Å². The number of nitrogens with zero attached hydrogens (tertiary/aromatic N) is 3. The van der Waals surface area contributed by atoms with Crippen LogP contribution in [0.1, 0.15) is 5.69 Å². The summed E-state index contributed by atoms with van der Waals surface area (Å²) >= 11 is 1.24. The lowest BCUT2D eigenvalue weighted by molar-refractivity contribution is 0.439. The van der Waals surface area contributed by atoms with Crippen LogP contribution in [0.5, 0.6) is 10.9 Å². The van der Waals surface area contributed by atoms with Crippen LogP contribution in [0.15, 0.2) is 71.2 Å². The molecule has 4 aromatic rings. The van der Waals surface area contributed by atoms with Gasteiger partial charge in [-0.05, 0) is 31.2 Å². The van der Waals surface area contributed by atoms with E-state index in [9.17, 15) is 12.8 Å². The molecule has 4 rings (SSSR count). The highest BCUT2D eigenvalue weighted by molar-refractivity contribution is 7.92. The second-order valence-electron chi connectivity index (χ2n) is 6.06. The van der Waals surface area contributed by atoms with Gasteiger partial charge in [0.15, 0.2) is 11.6 Å². The fourth-order valence-corrected chi connectivity index (χ4v) is 4.14. The van der Waals surface area contributed by atoms with Crippen molar-refractivity contribution in [3.8, 4) is 16.6 Å². The van der Waals surface area contributed by atoms with Crippen molar-refractivity contribution in [2.75, 3.05) is 4.72 Å². The van der Waals surface area contributed by atoms with Crippen LogP contribution in [-0.2, 0) is 10.0 Å². The second-order valence-corrected chi connectivity index (χ2v) is 8.57. The average Bonchev–Trinajstić information content (AvgIpc) is 3.34. The Morgan fingerprint density at radius 1 is 1.17 bits per heavy atom. The highest BCUT2D eigenvalue weighted by atomic mass is 32.2. The number of hydrogen-bond acceptors (Lipinski definition) is 6. The molecule has 0 fully saturated rings. The monoisotopic (exact) mass is 430 g/mol. The van der Waals surface area contributed by atoms with E-state index >= 15 is 0 Å². The van der Waals surface area contributed by atoms with E-state index in [1.165, 1.54) is 40.5 Å². The average molecular weight is 430 g/mol. The molecule has 0 aliphatic rings. The van der Waals surface area contributed by atoms with E-state index in [2.05, 4.69) is 14.8 Å². The van der Waals surface area contributed by atoms with E-state index in [-0.39, 0.29) is 16.3 Å². The number of halogens is 1. The molecule has 0 spiro atoms. The van der Waals surface area contributed by atoms with E-state index in [1.807, 2.05) is 18.2 Å². The summed E-state index contributed by atoms with van der Waals surface area (Å²) in [6.45, 7) is 1.80. The van der Waals surface area contributed by atoms with Crippen molar-refractivity contribution in [1.82, 2.24) is 14.8 Å². The van der Waals surface area contributed by atoms with Gasteiger partial charge in [-0.15, -0.1) is 0 Å². The number of rotatable bonds is 6. The molecule has 0 unspecified atom stereocenters. The number of ether oxygens (including phenoxy) is 1. The van der Waals surface area contributed by atoms with Crippen molar-refractivity contribution in [2.24, 2.45) is 0 Å². The first-order chi connectivity index (χ1) is 13.9. The normalized spacial score (nSPS) is 11.4. The van der Waals surface area contributed by atoms with Crippen molar-refractivity contribution in [1.29, 1.82) is 0 Å². The van der Waals surface area contributed by atoms with E-state index < -0.39 is 15.8 Å². The molecular formula is C19H15FN4O3S2. The van der Waals surface area contributed by atoms with Crippen molar-refractivity contribution in [3.05, 3.63) is 77.8 Å². The molecule has 148 valence electrons. The van der Waals surface area contributed by atoms with E-state index in [0.29, 0.717) is 5.19 Å². The maximum atomic E-state index is 14.3. The molecule has 0 aliphatic heterocycles. The number of sulfonamides is 1. The van der Waals surface area contributed by atoms with Gasteiger partial charge in [0.05, 0.1) is 29.5 Å². The summed E-state index contributed by atoms with van der Waals surface area (Å²) in [5.74, 6) is -0.753. The van der Waals surface area contributed by atoms with Gasteiger partial charge >= 0.3 is 0 Å². The number of anilines is 1. The van der Waals surface area contributed by atoms with Crippen LogP contribution in [0.3, 0.4) is 0 Å². The molecule has 0 aliphatic carbocycles. The quantitative estimate of drug-likeness (QED) is 0.491. The van der Waals surface area contributed by atoms with Gasteiger partial charge in [0.2, 0.25) is 0 Å². The van der Waals surface area contributed by atoms with Gasteiger partial charge in [0.1, 0.15) is 4.90 Å². The van der Waals surface area contributed by atoms with Crippen molar-refractivity contribution >= 4 is 27.0 Å². The Labute approximate surface area is 170 Å². The zero-order valence-corrected chi connectivity index (χ0v) is 16.7. The summed E-state index contributed by atoms with van der Waals surface area (Å²) in [5.41, 5.74) is 1.56. The molecule has 2 heterocycles. The zero-order chi connectivity index (χ0) is 20.4. The molecule has 2 aromatic heterocycles. The molecular weight excluding hydrogens is 415 g/mol. The second kappa shape index (κ2) is 7.64. The Hall–Kier alpha value is -3.24. The summed E-state index contributed by atoms with van der Waals surface area (Å²) in [4.78, 5) is 4.06. The molecule has 0 bridgehead atoms. The third kappa shape index (κ3) is 4.28. The minimum absolute atomic E-state index is 0.0413. The Morgan fingerprint density at radius 2 is 1.97 bits per heavy atom. The number of nitrogens with one attached hydrogen (secondary N) is 1. The van der Waals surface area contributed by atoms with E-state index in [0.717, 1.165) is 17.4 Å². The van der Waals surface area contributed by atoms with Gasteiger partial charge in [0.25, 0.3) is 15.2 Å². The zero-order valence-electron chi connectivity index (χ0n) is 15.1. The third-order valence-corrected chi connectivity index (χ3v) is 6.04. The molecule has 2 aromatic carbocycles. The Morgan fingerprint density at radius 3 is 2.66 bits per heavy atom. The van der Waals surface area contributed by atoms with Crippen LogP contribution >= 0.6 is 11.3 Å². The number of para-hydroxylation sites is 1. The van der Waals surface area contributed by atoms with Crippen LogP contribution in [-0.4, -0.2) is 23.2 Å². The lowest BCUT2D eigenvalue weighted by Gasteiger charge is -2.08. The fourth-order valence-electron chi connectivity index (χ4n) is 2.50. The largest absolute Gasteiger partial charge is 0.428 e. The fraction of sp³-hybridized carbons (Fsp3) is 0.0526. The third-order valence-electron chi connectivity index (χ3n) is 3.87. The van der Waals surface area contributed by atoms with Gasteiger partial charge < -0.3 is 4.74 Å². The Bertz CT molecular complexity index is 1250. The highest BCUT2D eigenvalue weighted by Gasteiger charge is 2.18. The maximum Gasteiger partial charge on any atom is 0.278 e. The summed E-state index contributed by atoms with van der Waals surface area (Å²) in [6, 6.07) is 12.9. The van der Waals surface area contributed by atoms with Gasteiger partial charge in [-0.3, -0.25) is 4.72 Å². The SMILES string of the molecule is Cc1csc(Oc2ccc(NS(=O)(=O)c3cnn(-c4ccccc4)c3)cc2F)n1. The minimum Gasteiger partial charge on any atom is -0.428 e. The van der Waals surface area contributed by atoms with Crippen LogP contribution in [0.25, 0.3) is 5.69 Å². The molecule has 29 heavy (non-hydrogen) atoms. The summed E-state index contributed by atoms with van der Waals surface area (Å²) in [5, 5.41) is 6.16. The molecule has 1 N–H and O–H groups in total. The maximum absolute atomic E-state index is 14.3. The highest BCUT2D eigenvalue weighted by Crippen LogP contribution is 2.29. The summed E-state index contributed by atoms with van der Waals surface area (Å²) in [7, 11) is -3.94. The topological polar surface area (TPSA) is 86.1 Å².